The third-order valence-corrected chi connectivity index (χ3v) is 5.98. The quantitative estimate of drug-likeness (QED) is 0.850. The lowest BCUT2D eigenvalue weighted by atomic mass is 9.85. The maximum Gasteiger partial charge on any atom is 0.227 e. The van der Waals surface area contributed by atoms with Gasteiger partial charge in [0.25, 0.3) is 0 Å². The second-order valence-electron chi connectivity index (χ2n) is 7.88. The molecule has 0 spiro atoms. The standard InChI is InChI=1S/C21H30N2O3/c1-14-8-9-18(10-15(14)2)23-13-17(11-20(23)25)21(26)22-12-19(24)16-6-4-3-5-7-16/h8-10,16-17,19,24H,3-7,11-13H2,1-2H3,(H,22,26)/t17-,19-/m0/s1. The summed E-state index contributed by atoms with van der Waals surface area (Å²) < 4.78 is 0. The molecule has 0 unspecified atom stereocenters. The zero-order valence-corrected chi connectivity index (χ0v) is 15.8. The normalized spacial score (nSPS) is 22.5. The number of aliphatic hydroxyl groups is 1. The van der Waals surface area contributed by atoms with Crippen molar-refractivity contribution in [2.24, 2.45) is 11.8 Å². The molecule has 1 aliphatic carbocycles. The average molecular weight is 358 g/mol. The van der Waals surface area contributed by atoms with Gasteiger partial charge in [0.05, 0.1) is 12.0 Å². The van der Waals surface area contributed by atoms with Gasteiger partial charge in [0.2, 0.25) is 11.8 Å². The molecule has 142 valence electrons. The molecule has 1 aliphatic heterocycles. The van der Waals surface area contributed by atoms with Gasteiger partial charge in [-0.2, -0.15) is 0 Å². The van der Waals surface area contributed by atoms with Crippen molar-refractivity contribution < 1.29 is 14.7 Å². The summed E-state index contributed by atoms with van der Waals surface area (Å²) in [6, 6.07) is 5.94. The van der Waals surface area contributed by atoms with Gasteiger partial charge >= 0.3 is 0 Å². The third-order valence-electron chi connectivity index (χ3n) is 5.98. The minimum Gasteiger partial charge on any atom is -0.391 e. The zero-order chi connectivity index (χ0) is 18.7. The number of nitrogens with one attached hydrogen (secondary N) is 1. The van der Waals surface area contributed by atoms with Crippen LogP contribution in [0.2, 0.25) is 0 Å². The molecular weight excluding hydrogens is 328 g/mol. The van der Waals surface area contributed by atoms with Crippen LogP contribution in [0.25, 0.3) is 0 Å². The minimum atomic E-state index is -0.479. The fourth-order valence-electron chi connectivity index (χ4n) is 4.06. The van der Waals surface area contributed by atoms with E-state index in [0.29, 0.717) is 12.5 Å². The van der Waals surface area contributed by atoms with Crippen molar-refractivity contribution in [1.29, 1.82) is 0 Å². The Labute approximate surface area is 155 Å². The maximum atomic E-state index is 12.5. The maximum absolute atomic E-state index is 12.5. The molecule has 3 rings (SSSR count). The number of rotatable bonds is 5. The Morgan fingerprint density at radius 1 is 1.23 bits per heavy atom. The van der Waals surface area contributed by atoms with Gasteiger partial charge in [-0.3, -0.25) is 9.59 Å². The van der Waals surface area contributed by atoms with Crippen LogP contribution in [0.15, 0.2) is 18.2 Å². The Morgan fingerprint density at radius 3 is 2.65 bits per heavy atom. The molecule has 5 nitrogen and oxygen atoms in total. The van der Waals surface area contributed by atoms with Gasteiger partial charge in [-0.05, 0) is 55.9 Å². The van der Waals surface area contributed by atoms with Crippen LogP contribution in [0.3, 0.4) is 0 Å². The lowest BCUT2D eigenvalue weighted by molar-refractivity contribution is -0.126. The van der Waals surface area contributed by atoms with Crippen molar-refractivity contribution in [3.05, 3.63) is 29.3 Å². The minimum absolute atomic E-state index is 0.0127. The van der Waals surface area contributed by atoms with E-state index >= 15 is 0 Å². The summed E-state index contributed by atoms with van der Waals surface area (Å²) in [4.78, 5) is 26.5. The molecule has 2 aliphatic rings. The van der Waals surface area contributed by atoms with Crippen LogP contribution >= 0.6 is 0 Å². The monoisotopic (exact) mass is 358 g/mol. The summed E-state index contributed by atoms with van der Waals surface area (Å²) in [5.74, 6) is -0.190. The van der Waals surface area contributed by atoms with Crippen molar-refractivity contribution in [1.82, 2.24) is 5.32 Å². The molecule has 1 aromatic rings. The van der Waals surface area contributed by atoms with Gasteiger partial charge in [0, 0.05) is 25.2 Å². The van der Waals surface area contributed by atoms with Crippen molar-refractivity contribution in [2.45, 2.75) is 58.5 Å². The molecule has 0 aromatic heterocycles. The van der Waals surface area contributed by atoms with Crippen LogP contribution in [-0.2, 0) is 9.59 Å². The van der Waals surface area contributed by atoms with Gasteiger partial charge < -0.3 is 15.3 Å². The summed E-state index contributed by atoms with van der Waals surface area (Å²) >= 11 is 0. The van der Waals surface area contributed by atoms with E-state index < -0.39 is 6.10 Å². The van der Waals surface area contributed by atoms with E-state index in [9.17, 15) is 14.7 Å². The summed E-state index contributed by atoms with van der Waals surface area (Å²) in [7, 11) is 0. The Hall–Kier alpha value is -1.88. The molecule has 1 aromatic carbocycles. The number of nitrogens with zero attached hydrogens (tertiary/aromatic N) is 1. The largest absolute Gasteiger partial charge is 0.391 e. The number of benzene rings is 1. The second-order valence-corrected chi connectivity index (χ2v) is 7.88. The molecule has 5 heteroatoms. The molecular formula is C21H30N2O3. The highest BCUT2D eigenvalue weighted by atomic mass is 16.3. The Bertz CT molecular complexity index is 667. The Morgan fingerprint density at radius 2 is 1.96 bits per heavy atom. The second kappa shape index (κ2) is 8.21. The number of anilines is 1. The number of aryl methyl sites for hydroxylation is 2. The SMILES string of the molecule is Cc1ccc(N2C[C@@H](C(=O)NC[C@H](O)C3CCCCC3)CC2=O)cc1C. The van der Waals surface area contributed by atoms with E-state index in [1.54, 1.807) is 4.90 Å². The predicted molar refractivity (Wildman–Crippen MR) is 102 cm³/mol. The first-order chi connectivity index (χ1) is 12.5. The van der Waals surface area contributed by atoms with Crippen molar-refractivity contribution in [2.75, 3.05) is 18.0 Å². The van der Waals surface area contributed by atoms with Crippen LogP contribution in [0.4, 0.5) is 5.69 Å². The summed E-state index contributed by atoms with van der Waals surface area (Å²) in [6.45, 7) is 4.76. The lowest BCUT2D eigenvalue weighted by Gasteiger charge is -2.27. The first-order valence-electron chi connectivity index (χ1n) is 9.79. The fourth-order valence-corrected chi connectivity index (χ4v) is 4.06. The smallest absolute Gasteiger partial charge is 0.227 e. The van der Waals surface area contributed by atoms with Crippen LogP contribution < -0.4 is 10.2 Å². The number of hydrogen-bond acceptors (Lipinski definition) is 3. The first kappa shape index (κ1) is 18.9. The van der Waals surface area contributed by atoms with E-state index in [-0.39, 0.29) is 30.7 Å². The Kier molecular flexibility index (Phi) is 5.97. The van der Waals surface area contributed by atoms with Crippen molar-refractivity contribution >= 4 is 17.5 Å². The number of amides is 2. The molecule has 0 radical (unpaired) electrons. The van der Waals surface area contributed by atoms with Crippen LogP contribution in [0, 0.1) is 25.7 Å². The molecule has 2 N–H and O–H groups in total. The topological polar surface area (TPSA) is 69.6 Å². The van der Waals surface area contributed by atoms with Crippen LogP contribution in [0.5, 0.6) is 0 Å². The average Bonchev–Trinajstić information content (AvgIpc) is 3.04. The summed E-state index contributed by atoms with van der Waals surface area (Å²) in [6.07, 6.45) is 5.41. The predicted octanol–water partition coefficient (Wildman–Crippen LogP) is 2.71. The van der Waals surface area contributed by atoms with Crippen molar-refractivity contribution in [3.8, 4) is 0 Å². The van der Waals surface area contributed by atoms with Crippen LogP contribution in [-0.4, -0.2) is 36.1 Å². The number of hydrogen-bond donors (Lipinski definition) is 2. The highest BCUT2D eigenvalue weighted by Crippen LogP contribution is 2.28. The van der Waals surface area contributed by atoms with Gasteiger partial charge in [-0.1, -0.05) is 25.3 Å². The van der Waals surface area contributed by atoms with Crippen molar-refractivity contribution in [3.63, 3.8) is 0 Å². The molecule has 2 amide bonds. The molecule has 1 heterocycles. The molecule has 0 bridgehead atoms. The number of carbonyl (C=O) groups excluding carboxylic acids is 2. The van der Waals surface area contributed by atoms with Gasteiger partial charge in [-0.15, -0.1) is 0 Å². The highest BCUT2D eigenvalue weighted by molar-refractivity contribution is 6.00. The van der Waals surface area contributed by atoms with Crippen LogP contribution in [0.1, 0.15) is 49.7 Å². The lowest BCUT2D eigenvalue weighted by Crippen LogP contribution is -2.40. The van der Waals surface area contributed by atoms with E-state index in [2.05, 4.69) is 5.32 Å². The number of carbonyl (C=O) groups is 2. The molecule has 2 atom stereocenters. The van der Waals surface area contributed by atoms with E-state index in [0.717, 1.165) is 36.9 Å². The molecule has 26 heavy (non-hydrogen) atoms. The van der Waals surface area contributed by atoms with Gasteiger partial charge in [-0.25, -0.2) is 0 Å². The summed E-state index contributed by atoms with van der Waals surface area (Å²) in [5.41, 5.74) is 3.18. The number of aliphatic hydroxyl groups excluding tert-OH is 1. The third kappa shape index (κ3) is 4.26. The fraction of sp³-hybridized carbons (Fsp3) is 0.619. The Balaban J connectivity index is 1.54. The van der Waals surface area contributed by atoms with Gasteiger partial charge in [0.1, 0.15) is 0 Å². The molecule has 2 fully saturated rings. The molecule has 1 saturated heterocycles. The zero-order valence-electron chi connectivity index (χ0n) is 15.8. The first-order valence-corrected chi connectivity index (χ1v) is 9.79. The summed E-state index contributed by atoms with van der Waals surface area (Å²) in [5, 5.41) is 13.2. The molecule has 1 saturated carbocycles. The van der Waals surface area contributed by atoms with E-state index in [1.165, 1.54) is 12.0 Å². The van der Waals surface area contributed by atoms with E-state index in [1.807, 2.05) is 32.0 Å². The van der Waals surface area contributed by atoms with Gasteiger partial charge in [0.15, 0.2) is 0 Å². The highest BCUT2D eigenvalue weighted by Gasteiger charge is 2.35. The van der Waals surface area contributed by atoms with E-state index in [4.69, 9.17) is 0 Å².